The Balaban J connectivity index is 2.09. The van der Waals surface area contributed by atoms with Crippen LogP contribution in [0.1, 0.15) is 21.7 Å². The number of ketones is 1. The number of fused-ring (bicyclic) bond motifs is 1. The van der Waals surface area contributed by atoms with E-state index in [1.165, 1.54) is 0 Å². The fourth-order valence-electron chi connectivity index (χ4n) is 2.11. The van der Waals surface area contributed by atoms with Gasteiger partial charge in [0.25, 0.3) is 0 Å². The van der Waals surface area contributed by atoms with Crippen LogP contribution >= 0.6 is 0 Å². The van der Waals surface area contributed by atoms with Crippen molar-refractivity contribution in [2.75, 3.05) is 0 Å². The second kappa shape index (κ2) is 4.31. The lowest BCUT2D eigenvalue weighted by atomic mass is 10.1. The molecule has 0 spiro atoms. The number of aromatic nitrogens is 3. The summed E-state index contributed by atoms with van der Waals surface area (Å²) in [5.74, 6) is -0.0255. The molecule has 0 saturated carbocycles. The number of hydrogen-bond acceptors (Lipinski definition) is 3. The summed E-state index contributed by atoms with van der Waals surface area (Å²) in [4.78, 5) is 16.8. The zero-order valence-corrected chi connectivity index (χ0v) is 10.8. The molecule has 2 heterocycles. The minimum atomic E-state index is -0.0255. The molecule has 1 aromatic carbocycles. The topological polar surface area (TPSA) is 47.8 Å². The third-order valence-corrected chi connectivity index (χ3v) is 3.14. The van der Waals surface area contributed by atoms with Gasteiger partial charge in [0.1, 0.15) is 5.69 Å². The number of aryl methyl sites for hydroxylation is 2. The summed E-state index contributed by atoms with van der Waals surface area (Å²) in [6, 6.07) is 11.2. The van der Waals surface area contributed by atoms with Crippen molar-refractivity contribution in [3.8, 4) is 0 Å². The second-order valence-electron chi connectivity index (χ2n) is 4.53. The van der Waals surface area contributed by atoms with Crippen LogP contribution in [-0.4, -0.2) is 20.5 Å². The van der Waals surface area contributed by atoms with Gasteiger partial charge in [-0.1, -0.05) is 6.07 Å². The van der Waals surface area contributed by atoms with Gasteiger partial charge in [-0.3, -0.25) is 14.5 Å². The Hall–Kier alpha value is -2.49. The Labute approximate surface area is 110 Å². The lowest BCUT2D eigenvalue weighted by molar-refractivity contribution is 0.103. The number of carbonyl (C=O) groups is 1. The molecule has 0 aliphatic rings. The van der Waals surface area contributed by atoms with E-state index in [0.717, 1.165) is 16.6 Å². The summed E-state index contributed by atoms with van der Waals surface area (Å²) in [6.45, 7) is 1.95. The average Bonchev–Trinajstić information content (AvgIpc) is 2.83. The first kappa shape index (κ1) is 11.6. The SMILES string of the molecule is Cc1ccc2cc(C(=O)c3ccnn3C)ccc2n1. The lowest BCUT2D eigenvalue weighted by Crippen LogP contribution is -2.08. The molecule has 3 rings (SSSR count). The van der Waals surface area contributed by atoms with E-state index in [0.29, 0.717) is 11.3 Å². The summed E-state index contributed by atoms with van der Waals surface area (Å²) in [6.07, 6.45) is 1.62. The van der Waals surface area contributed by atoms with E-state index in [2.05, 4.69) is 10.1 Å². The maximum absolute atomic E-state index is 12.4. The highest BCUT2D eigenvalue weighted by molar-refractivity contribution is 6.09. The fraction of sp³-hybridized carbons (Fsp3) is 0.133. The maximum atomic E-state index is 12.4. The Morgan fingerprint density at radius 3 is 2.74 bits per heavy atom. The van der Waals surface area contributed by atoms with E-state index in [4.69, 9.17) is 0 Å². The predicted molar refractivity (Wildman–Crippen MR) is 73.1 cm³/mol. The first-order valence-corrected chi connectivity index (χ1v) is 6.05. The minimum Gasteiger partial charge on any atom is -0.287 e. The van der Waals surface area contributed by atoms with Gasteiger partial charge in [-0.05, 0) is 37.3 Å². The second-order valence-corrected chi connectivity index (χ2v) is 4.53. The normalized spacial score (nSPS) is 10.8. The molecule has 0 bridgehead atoms. The van der Waals surface area contributed by atoms with Gasteiger partial charge in [0.15, 0.2) is 0 Å². The molecule has 0 radical (unpaired) electrons. The highest BCUT2D eigenvalue weighted by Crippen LogP contribution is 2.17. The Bertz CT molecular complexity index is 774. The molecule has 0 aliphatic heterocycles. The van der Waals surface area contributed by atoms with Gasteiger partial charge in [0.2, 0.25) is 5.78 Å². The summed E-state index contributed by atoms with van der Waals surface area (Å²) in [5, 5.41) is 4.99. The van der Waals surface area contributed by atoms with Crippen molar-refractivity contribution in [3.05, 3.63) is 59.5 Å². The van der Waals surface area contributed by atoms with Crippen LogP contribution in [0, 0.1) is 6.92 Å². The summed E-state index contributed by atoms with van der Waals surface area (Å²) < 4.78 is 1.58. The third-order valence-electron chi connectivity index (χ3n) is 3.14. The molecule has 0 unspecified atom stereocenters. The van der Waals surface area contributed by atoms with E-state index >= 15 is 0 Å². The molecular weight excluding hydrogens is 238 g/mol. The van der Waals surface area contributed by atoms with Crippen molar-refractivity contribution in [3.63, 3.8) is 0 Å². The molecule has 0 N–H and O–H groups in total. The van der Waals surface area contributed by atoms with Crippen molar-refractivity contribution in [2.45, 2.75) is 6.92 Å². The van der Waals surface area contributed by atoms with Crippen LogP contribution < -0.4 is 0 Å². The molecule has 4 heteroatoms. The van der Waals surface area contributed by atoms with Gasteiger partial charge >= 0.3 is 0 Å². The third kappa shape index (κ3) is 2.01. The van der Waals surface area contributed by atoms with Crippen molar-refractivity contribution < 1.29 is 4.79 Å². The van der Waals surface area contributed by atoms with Gasteiger partial charge in [-0.25, -0.2) is 0 Å². The van der Waals surface area contributed by atoms with E-state index < -0.39 is 0 Å². The summed E-state index contributed by atoms with van der Waals surface area (Å²) in [5.41, 5.74) is 3.11. The zero-order chi connectivity index (χ0) is 13.4. The molecule has 4 nitrogen and oxygen atoms in total. The zero-order valence-electron chi connectivity index (χ0n) is 10.8. The molecule has 0 fully saturated rings. The lowest BCUT2D eigenvalue weighted by Gasteiger charge is -2.04. The van der Waals surface area contributed by atoms with Gasteiger partial charge in [-0.15, -0.1) is 0 Å². The van der Waals surface area contributed by atoms with Crippen molar-refractivity contribution in [2.24, 2.45) is 7.05 Å². The number of rotatable bonds is 2. The smallest absolute Gasteiger partial charge is 0.211 e. The van der Waals surface area contributed by atoms with E-state index in [-0.39, 0.29) is 5.78 Å². The van der Waals surface area contributed by atoms with Crippen LogP contribution in [0.4, 0.5) is 0 Å². The van der Waals surface area contributed by atoms with Crippen LogP contribution in [-0.2, 0) is 7.05 Å². The molecule has 19 heavy (non-hydrogen) atoms. The number of benzene rings is 1. The minimum absolute atomic E-state index is 0.0255. The first-order chi connectivity index (χ1) is 9.15. The van der Waals surface area contributed by atoms with Crippen molar-refractivity contribution in [1.29, 1.82) is 0 Å². The van der Waals surface area contributed by atoms with Gasteiger partial charge in [0.05, 0.1) is 5.52 Å². The van der Waals surface area contributed by atoms with Gasteiger partial charge < -0.3 is 0 Å². The van der Waals surface area contributed by atoms with Crippen molar-refractivity contribution >= 4 is 16.7 Å². The Morgan fingerprint density at radius 2 is 2.00 bits per heavy atom. The molecule has 0 amide bonds. The Kier molecular flexibility index (Phi) is 2.63. The van der Waals surface area contributed by atoms with E-state index in [9.17, 15) is 4.79 Å². The van der Waals surface area contributed by atoms with Crippen LogP contribution in [0.25, 0.3) is 10.9 Å². The molecule has 3 aromatic rings. The van der Waals surface area contributed by atoms with Crippen LogP contribution in [0.3, 0.4) is 0 Å². The molecule has 0 aliphatic carbocycles. The number of carbonyl (C=O) groups excluding carboxylic acids is 1. The molecule has 0 saturated heterocycles. The summed E-state index contributed by atoms with van der Waals surface area (Å²) in [7, 11) is 1.76. The van der Waals surface area contributed by atoms with Crippen molar-refractivity contribution in [1.82, 2.24) is 14.8 Å². The van der Waals surface area contributed by atoms with E-state index in [1.54, 1.807) is 24.0 Å². The highest BCUT2D eigenvalue weighted by Gasteiger charge is 2.13. The van der Waals surface area contributed by atoms with Crippen LogP contribution in [0.5, 0.6) is 0 Å². The summed E-state index contributed by atoms with van der Waals surface area (Å²) >= 11 is 0. The van der Waals surface area contributed by atoms with E-state index in [1.807, 2.05) is 37.3 Å². The monoisotopic (exact) mass is 251 g/mol. The Morgan fingerprint density at radius 1 is 1.16 bits per heavy atom. The standard InChI is InChI=1S/C15H13N3O/c1-10-3-4-11-9-12(5-6-13(11)17-10)15(19)14-7-8-16-18(14)2/h3-9H,1-2H3. The number of pyridine rings is 1. The highest BCUT2D eigenvalue weighted by atomic mass is 16.1. The first-order valence-electron chi connectivity index (χ1n) is 6.05. The number of nitrogens with zero attached hydrogens (tertiary/aromatic N) is 3. The van der Waals surface area contributed by atoms with Crippen LogP contribution in [0.15, 0.2) is 42.6 Å². The molecular formula is C15H13N3O. The quantitative estimate of drug-likeness (QED) is 0.657. The molecule has 94 valence electrons. The average molecular weight is 251 g/mol. The molecule has 0 atom stereocenters. The predicted octanol–water partition coefficient (Wildman–Crippen LogP) is 2.51. The molecule has 2 aromatic heterocycles. The largest absolute Gasteiger partial charge is 0.287 e. The van der Waals surface area contributed by atoms with Gasteiger partial charge in [0, 0.05) is 29.9 Å². The van der Waals surface area contributed by atoms with Crippen LogP contribution in [0.2, 0.25) is 0 Å². The number of hydrogen-bond donors (Lipinski definition) is 0. The van der Waals surface area contributed by atoms with Gasteiger partial charge in [-0.2, -0.15) is 5.10 Å². The maximum Gasteiger partial charge on any atom is 0.211 e. The fourth-order valence-corrected chi connectivity index (χ4v) is 2.11.